The third-order valence-corrected chi connectivity index (χ3v) is 5.82. The van der Waals surface area contributed by atoms with Crippen molar-refractivity contribution in [2.75, 3.05) is 0 Å². The average molecular weight is 677 g/mol. The van der Waals surface area contributed by atoms with E-state index in [1.54, 1.807) is 0 Å². The summed E-state index contributed by atoms with van der Waals surface area (Å²) in [6, 6.07) is 19.5. The molecule has 0 bridgehead atoms. The Kier molecular flexibility index (Phi) is 10.0. The number of rotatable bonds is 3. The van der Waals surface area contributed by atoms with Crippen LogP contribution < -0.4 is 4.74 Å². The minimum atomic E-state index is -0.417. The number of nitrogens with zero attached hydrogens (tertiary/aromatic N) is 1. The van der Waals surface area contributed by atoms with Crippen LogP contribution in [0.4, 0.5) is 0 Å². The first-order valence-corrected chi connectivity index (χ1v) is 12.5. The summed E-state index contributed by atoms with van der Waals surface area (Å²) in [6.45, 7) is 15.6. The van der Waals surface area contributed by atoms with Crippen molar-refractivity contribution < 1.29 is 34.7 Å². The number of fused-ring (bicyclic) bond motifs is 5. The molecule has 0 spiro atoms. The van der Waals surface area contributed by atoms with Crippen LogP contribution in [-0.4, -0.2) is 15.9 Å². The number of hydrogen-bond acceptors (Lipinski definition) is 4. The molecular weight excluding hydrogens is 639 g/mol. The SMILES string of the molecule is CC(C)(C)C(=O)C=C(O)C(C)(C)C.CC(C)Cc1cnc2c(c1)-c1ccccc1Oc1ccc[c-]c1-2.[Ir]. The second-order valence-corrected chi connectivity index (χ2v) is 11.7. The molecule has 37 heavy (non-hydrogen) atoms. The van der Waals surface area contributed by atoms with Crippen molar-refractivity contribution in [1.82, 2.24) is 4.98 Å². The quantitative estimate of drug-likeness (QED) is 0.134. The van der Waals surface area contributed by atoms with Crippen LogP contribution in [-0.2, 0) is 31.3 Å². The van der Waals surface area contributed by atoms with Crippen LogP contribution in [0.25, 0.3) is 22.4 Å². The molecule has 0 fully saturated rings. The number of aliphatic hydroxyl groups is 1. The van der Waals surface area contributed by atoms with Crippen molar-refractivity contribution in [3.63, 3.8) is 0 Å². The number of hydrogen-bond donors (Lipinski definition) is 1. The fraction of sp³-hybridized carbons (Fsp3) is 0.375. The zero-order valence-corrected chi connectivity index (χ0v) is 25.5. The van der Waals surface area contributed by atoms with Crippen LogP contribution in [0.1, 0.15) is 61.0 Å². The fourth-order valence-corrected chi connectivity index (χ4v) is 3.64. The van der Waals surface area contributed by atoms with Crippen molar-refractivity contribution in [2.24, 2.45) is 16.7 Å². The molecule has 0 saturated carbocycles. The standard InChI is InChI=1S/C21H18NO.C11H20O2.Ir/c1-14(2)11-15-12-18-16-7-3-5-9-19(16)23-20-10-6-4-8-17(20)21(18)22-13-15;1-10(2,3)8(12)7-9(13)11(4,5)6;/h3-7,9-10,12-14H,11H2,1-2H3;7,12H,1-6H3;/q-1;;. The monoisotopic (exact) mass is 677 g/mol. The smallest absolute Gasteiger partial charge is 0.164 e. The van der Waals surface area contributed by atoms with Gasteiger partial charge in [-0.3, -0.25) is 4.79 Å². The Morgan fingerprint density at radius 3 is 2.27 bits per heavy atom. The van der Waals surface area contributed by atoms with Crippen LogP contribution in [0.5, 0.6) is 11.5 Å². The summed E-state index contributed by atoms with van der Waals surface area (Å²) in [5.74, 6) is 2.39. The third-order valence-electron chi connectivity index (χ3n) is 5.82. The topological polar surface area (TPSA) is 59.4 Å². The van der Waals surface area contributed by atoms with Gasteiger partial charge in [0.2, 0.25) is 0 Å². The Hall–Kier alpha value is -2.75. The summed E-state index contributed by atoms with van der Waals surface area (Å²) < 4.78 is 6.13. The minimum Gasteiger partial charge on any atom is -0.512 e. The molecule has 1 aliphatic rings. The number of pyridine rings is 1. The Balaban J connectivity index is 0.000000299. The second-order valence-electron chi connectivity index (χ2n) is 11.7. The van der Waals surface area contributed by atoms with E-state index < -0.39 is 5.41 Å². The first kappa shape index (κ1) is 30.5. The molecule has 199 valence electrons. The summed E-state index contributed by atoms with van der Waals surface area (Å²) in [5, 5.41) is 9.56. The van der Waals surface area contributed by atoms with E-state index in [1.165, 1.54) is 11.6 Å². The molecule has 0 unspecified atom stereocenters. The van der Waals surface area contributed by atoms with Gasteiger partial charge in [-0.25, -0.2) is 0 Å². The van der Waals surface area contributed by atoms with Crippen molar-refractivity contribution in [2.45, 2.75) is 61.8 Å². The average Bonchev–Trinajstić information content (AvgIpc) is 2.92. The van der Waals surface area contributed by atoms with E-state index in [1.807, 2.05) is 84.1 Å². The maximum atomic E-state index is 11.5. The van der Waals surface area contributed by atoms with Gasteiger partial charge in [-0.2, -0.15) is 0 Å². The van der Waals surface area contributed by atoms with E-state index in [2.05, 4.69) is 32.0 Å². The van der Waals surface area contributed by atoms with Crippen molar-refractivity contribution in [1.29, 1.82) is 0 Å². The molecule has 0 aliphatic carbocycles. The number of ether oxygens (including phenoxy) is 1. The van der Waals surface area contributed by atoms with Crippen LogP contribution in [0.2, 0.25) is 0 Å². The fourth-order valence-electron chi connectivity index (χ4n) is 3.64. The molecule has 1 radical (unpaired) electrons. The van der Waals surface area contributed by atoms with E-state index in [0.29, 0.717) is 5.92 Å². The maximum Gasteiger partial charge on any atom is 0.164 e. The zero-order chi connectivity index (χ0) is 26.7. The van der Waals surface area contributed by atoms with Gasteiger partial charge in [0.1, 0.15) is 11.5 Å². The maximum absolute atomic E-state index is 11.5. The Bertz CT molecular complexity index is 1260. The van der Waals surface area contributed by atoms with E-state index in [9.17, 15) is 9.90 Å². The molecule has 3 aromatic rings. The molecule has 0 amide bonds. The van der Waals surface area contributed by atoms with Gasteiger partial charge >= 0.3 is 0 Å². The molecule has 2 heterocycles. The van der Waals surface area contributed by atoms with Gasteiger partial charge in [-0.05, 0) is 35.2 Å². The molecule has 5 heteroatoms. The van der Waals surface area contributed by atoms with E-state index in [-0.39, 0.29) is 37.1 Å². The summed E-state index contributed by atoms with van der Waals surface area (Å²) >= 11 is 0. The van der Waals surface area contributed by atoms with Gasteiger partial charge in [0.25, 0.3) is 0 Å². The van der Waals surface area contributed by atoms with Crippen LogP contribution >= 0.6 is 0 Å². The number of aliphatic hydroxyl groups excluding tert-OH is 1. The van der Waals surface area contributed by atoms with E-state index in [0.717, 1.165) is 40.3 Å². The minimum absolute atomic E-state index is 0. The number of carbonyl (C=O) groups excluding carboxylic acids is 1. The summed E-state index contributed by atoms with van der Waals surface area (Å²) in [4.78, 5) is 16.2. The van der Waals surface area contributed by atoms with Crippen LogP contribution in [0.3, 0.4) is 0 Å². The zero-order valence-electron chi connectivity index (χ0n) is 23.1. The van der Waals surface area contributed by atoms with E-state index in [4.69, 9.17) is 9.72 Å². The van der Waals surface area contributed by atoms with Crippen LogP contribution in [0.15, 0.2) is 66.6 Å². The predicted octanol–water partition coefficient (Wildman–Crippen LogP) is 8.61. The van der Waals surface area contributed by atoms with Gasteiger partial charge in [0, 0.05) is 54.5 Å². The number of allylic oxidation sites excluding steroid dienone is 2. The molecule has 0 atom stereocenters. The van der Waals surface area contributed by atoms with E-state index >= 15 is 0 Å². The number of carbonyl (C=O) groups is 1. The molecule has 4 rings (SSSR count). The molecule has 1 aliphatic heterocycles. The largest absolute Gasteiger partial charge is 0.512 e. The number of benzene rings is 2. The van der Waals surface area contributed by atoms with Gasteiger partial charge in [0.15, 0.2) is 5.78 Å². The van der Waals surface area contributed by atoms with Gasteiger partial charge in [-0.15, -0.1) is 24.3 Å². The second kappa shape index (κ2) is 12.2. The van der Waals surface area contributed by atoms with Gasteiger partial charge in [0.05, 0.1) is 0 Å². The van der Waals surface area contributed by atoms with Gasteiger partial charge in [-0.1, -0.05) is 85.2 Å². The summed E-state index contributed by atoms with van der Waals surface area (Å²) in [6.07, 6.45) is 4.34. The van der Waals surface area contributed by atoms with Crippen molar-refractivity contribution >= 4 is 5.78 Å². The molecule has 0 saturated heterocycles. The van der Waals surface area contributed by atoms with Gasteiger partial charge < -0.3 is 14.8 Å². The summed E-state index contributed by atoms with van der Waals surface area (Å²) in [7, 11) is 0. The Morgan fingerprint density at radius 2 is 1.65 bits per heavy atom. The Labute approximate surface area is 235 Å². The summed E-state index contributed by atoms with van der Waals surface area (Å²) in [5.41, 5.74) is 4.58. The number of ketones is 1. The molecule has 1 aromatic heterocycles. The first-order chi connectivity index (χ1) is 16.8. The first-order valence-electron chi connectivity index (χ1n) is 12.5. The predicted molar refractivity (Wildman–Crippen MR) is 147 cm³/mol. The number of aromatic nitrogens is 1. The van der Waals surface area contributed by atoms with Crippen molar-refractivity contribution in [3.8, 4) is 33.9 Å². The molecular formula is C32H38IrNO3-. The third kappa shape index (κ3) is 7.87. The molecule has 4 nitrogen and oxygen atoms in total. The number of para-hydroxylation sites is 1. The van der Waals surface area contributed by atoms with Crippen LogP contribution in [0, 0.1) is 22.8 Å². The Morgan fingerprint density at radius 1 is 1.00 bits per heavy atom. The normalized spacial score (nSPS) is 12.5. The molecule has 1 N–H and O–H groups in total. The molecule has 2 aromatic carbocycles. The van der Waals surface area contributed by atoms with Crippen molar-refractivity contribution in [3.05, 3.63) is 78.2 Å².